The van der Waals surface area contributed by atoms with Gasteiger partial charge in [-0.2, -0.15) is 0 Å². The molecule has 4 rings (SSSR count). The molecule has 0 aliphatic rings. The third-order valence-electron chi connectivity index (χ3n) is 4.44. The van der Waals surface area contributed by atoms with Gasteiger partial charge in [0.1, 0.15) is 5.75 Å². The van der Waals surface area contributed by atoms with Crippen molar-refractivity contribution in [2.24, 2.45) is 0 Å². The van der Waals surface area contributed by atoms with Crippen molar-refractivity contribution in [3.63, 3.8) is 0 Å². The Kier molecular flexibility index (Phi) is 5.90. The average Bonchev–Trinajstić information content (AvgIpc) is 3.19. The molecule has 0 amide bonds. The number of aryl methyl sites for hydroxylation is 2. The molecule has 150 valence electrons. The van der Waals surface area contributed by atoms with Gasteiger partial charge < -0.3 is 4.74 Å². The first kappa shape index (κ1) is 19.8. The minimum absolute atomic E-state index is 0.116. The first-order chi connectivity index (χ1) is 14.6. The monoisotopic (exact) mass is 416 g/mol. The number of aromatic nitrogens is 4. The van der Waals surface area contributed by atoms with Crippen LogP contribution < -0.4 is 4.74 Å². The maximum atomic E-state index is 12.4. The highest BCUT2D eigenvalue weighted by Crippen LogP contribution is 2.28. The molecule has 0 N–H and O–H groups in total. The zero-order valence-electron chi connectivity index (χ0n) is 16.6. The van der Waals surface area contributed by atoms with Crippen LogP contribution in [0.3, 0.4) is 0 Å². The molecule has 0 aliphatic carbocycles. The molecule has 6 nitrogen and oxygen atoms in total. The number of hydrogen-bond donors (Lipinski definition) is 0. The molecule has 2 aromatic heterocycles. The Morgan fingerprint density at radius 3 is 2.60 bits per heavy atom. The Balaban J connectivity index is 1.57. The maximum Gasteiger partial charge on any atom is 0.321 e. The number of hydrogen-bond acceptors (Lipinski definition) is 6. The topological polar surface area (TPSA) is 69.9 Å². The summed E-state index contributed by atoms with van der Waals surface area (Å²) >= 11 is 1.29. The van der Waals surface area contributed by atoms with Crippen molar-refractivity contribution in [1.82, 2.24) is 19.7 Å². The van der Waals surface area contributed by atoms with Crippen LogP contribution in [0.2, 0.25) is 0 Å². The van der Waals surface area contributed by atoms with Crippen LogP contribution in [-0.2, 0) is 4.79 Å². The lowest BCUT2D eigenvalue weighted by Crippen LogP contribution is -2.12. The van der Waals surface area contributed by atoms with Gasteiger partial charge in [-0.3, -0.25) is 14.3 Å². The second-order valence-electron chi connectivity index (χ2n) is 6.75. The molecule has 0 spiro atoms. The largest absolute Gasteiger partial charge is 0.426 e. The van der Waals surface area contributed by atoms with Crippen LogP contribution in [-0.4, -0.2) is 31.5 Å². The summed E-state index contributed by atoms with van der Waals surface area (Å²) in [6.07, 6.45) is 3.46. The van der Waals surface area contributed by atoms with E-state index in [1.54, 1.807) is 12.4 Å². The average molecular weight is 417 g/mol. The van der Waals surface area contributed by atoms with Crippen LogP contribution in [0, 0.1) is 13.8 Å². The van der Waals surface area contributed by atoms with Gasteiger partial charge in [0.25, 0.3) is 0 Å². The molecule has 7 heteroatoms. The Morgan fingerprint density at radius 1 is 1.03 bits per heavy atom. The molecule has 0 aliphatic heterocycles. The summed E-state index contributed by atoms with van der Waals surface area (Å²) in [5.74, 6) is 1.02. The van der Waals surface area contributed by atoms with E-state index in [1.165, 1.54) is 11.8 Å². The maximum absolute atomic E-state index is 12.4. The summed E-state index contributed by atoms with van der Waals surface area (Å²) in [6.45, 7) is 3.93. The molecule has 0 bridgehead atoms. The van der Waals surface area contributed by atoms with Crippen LogP contribution in [0.5, 0.6) is 5.75 Å². The van der Waals surface area contributed by atoms with Gasteiger partial charge in [-0.05, 0) is 49.7 Å². The molecule has 2 aromatic carbocycles. The van der Waals surface area contributed by atoms with Crippen LogP contribution in [0.25, 0.3) is 17.1 Å². The van der Waals surface area contributed by atoms with Crippen molar-refractivity contribution in [3.8, 4) is 22.8 Å². The van der Waals surface area contributed by atoms with E-state index in [2.05, 4.69) is 15.2 Å². The fourth-order valence-corrected chi connectivity index (χ4v) is 3.77. The number of rotatable bonds is 6. The zero-order valence-corrected chi connectivity index (χ0v) is 17.5. The summed E-state index contributed by atoms with van der Waals surface area (Å²) in [5.41, 5.74) is 3.81. The second kappa shape index (κ2) is 8.92. The molecular formula is C23H20N4O2S. The number of thioether (sulfide) groups is 1. The normalized spacial score (nSPS) is 10.7. The quantitative estimate of drug-likeness (QED) is 0.259. The van der Waals surface area contributed by atoms with Crippen LogP contribution in [0.15, 0.2) is 78.2 Å². The standard InChI is InChI=1S/C23H20N4O2S/c1-16-10-11-20(17(2)13-16)29-21(28)15-30-23-26-25-22(18-7-6-12-24-14-18)27(23)19-8-4-3-5-9-19/h3-14H,15H2,1-2H3. The van der Waals surface area contributed by atoms with Gasteiger partial charge in [-0.25, -0.2) is 0 Å². The predicted molar refractivity (Wildman–Crippen MR) is 117 cm³/mol. The number of para-hydroxylation sites is 1. The number of carbonyl (C=O) groups excluding carboxylic acids is 1. The summed E-state index contributed by atoms with van der Waals surface area (Å²) < 4.78 is 7.45. The fraction of sp³-hybridized carbons (Fsp3) is 0.130. The Hall–Kier alpha value is -3.45. The van der Waals surface area contributed by atoms with Crippen molar-refractivity contribution in [2.75, 3.05) is 5.75 Å². The van der Waals surface area contributed by atoms with Crippen molar-refractivity contribution in [1.29, 1.82) is 0 Å². The Labute approximate surface area is 179 Å². The summed E-state index contributed by atoms with van der Waals surface area (Å²) in [6, 6.07) is 19.3. The molecule has 30 heavy (non-hydrogen) atoms. The third kappa shape index (κ3) is 4.41. The Bertz CT molecular complexity index is 1160. The van der Waals surface area contributed by atoms with E-state index in [-0.39, 0.29) is 11.7 Å². The number of ether oxygens (including phenoxy) is 1. The molecule has 0 saturated heterocycles. The fourth-order valence-electron chi connectivity index (χ4n) is 3.04. The lowest BCUT2D eigenvalue weighted by molar-refractivity contribution is -0.131. The summed E-state index contributed by atoms with van der Waals surface area (Å²) in [4.78, 5) is 16.6. The minimum atomic E-state index is -0.336. The van der Waals surface area contributed by atoms with Gasteiger partial charge in [0, 0.05) is 23.6 Å². The van der Waals surface area contributed by atoms with Crippen molar-refractivity contribution in [2.45, 2.75) is 19.0 Å². The van der Waals surface area contributed by atoms with E-state index in [0.717, 1.165) is 22.4 Å². The van der Waals surface area contributed by atoms with Crippen LogP contribution in [0.4, 0.5) is 0 Å². The smallest absolute Gasteiger partial charge is 0.321 e. The lowest BCUT2D eigenvalue weighted by atomic mass is 10.1. The molecular weight excluding hydrogens is 396 g/mol. The van der Waals surface area contributed by atoms with Crippen molar-refractivity contribution >= 4 is 17.7 Å². The molecule has 0 saturated carbocycles. The first-order valence-electron chi connectivity index (χ1n) is 9.44. The number of nitrogens with zero attached hydrogens (tertiary/aromatic N) is 4. The third-order valence-corrected chi connectivity index (χ3v) is 5.34. The number of benzene rings is 2. The van der Waals surface area contributed by atoms with E-state index in [1.807, 2.05) is 79.1 Å². The van der Waals surface area contributed by atoms with Gasteiger partial charge in [-0.15, -0.1) is 10.2 Å². The molecule has 0 radical (unpaired) electrons. The van der Waals surface area contributed by atoms with E-state index >= 15 is 0 Å². The highest BCUT2D eigenvalue weighted by molar-refractivity contribution is 7.99. The minimum Gasteiger partial charge on any atom is -0.426 e. The van der Waals surface area contributed by atoms with E-state index in [4.69, 9.17) is 4.74 Å². The SMILES string of the molecule is Cc1ccc(OC(=O)CSc2nnc(-c3cccnc3)n2-c2ccccc2)c(C)c1. The number of pyridine rings is 1. The van der Waals surface area contributed by atoms with E-state index in [9.17, 15) is 4.79 Å². The van der Waals surface area contributed by atoms with Crippen molar-refractivity contribution < 1.29 is 9.53 Å². The van der Waals surface area contributed by atoms with Crippen LogP contribution >= 0.6 is 11.8 Å². The zero-order chi connectivity index (χ0) is 20.9. The van der Waals surface area contributed by atoms with Gasteiger partial charge in [0.2, 0.25) is 0 Å². The van der Waals surface area contributed by atoms with Gasteiger partial charge in [-0.1, -0.05) is 47.7 Å². The molecule has 0 atom stereocenters. The highest BCUT2D eigenvalue weighted by atomic mass is 32.2. The molecule has 4 aromatic rings. The predicted octanol–water partition coefficient (Wildman–Crippen LogP) is 4.64. The van der Waals surface area contributed by atoms with Crippen molar-refractivity contribution in [3.05, 3.63) is 84.2 Å². The molecule has 2 heterocycles. The summed E-state index contributed by atoms with van der Waals surface area (Å²) in [7, 11) is 0. The van der Waals surface area contributed by atoms with Gasteiger partial charge >= 0.3 is 5.97 Å². The van der Waals surface area contributed by atoms with Crippen LogP contribution in [0.1, 0.15) is 11.1 Å². The number of esters is 1. The summed E-state index contributed by atoms with van der Waals surface area (Å²) in [5, 5.41) is 9.27. The lowest BCUT2D eigenvalue weighted by Gasteiger charge is -2.10. The second-order valence-corrected chi connectivity index (χ2v) is 7.69. The Morgan fingerprint density at radius 2 is 1.87 bits per heavy atom. The van der Waals surface area contributed by atoms with E-state index < -0.39 is 0 Å². The molecule has 0 fully saturated rings. The van der Waals surface area contributed by atoms with Gasteiger partial charge in [0.05, 0.1) is 5.75 Å². The van der Waals surface area contributed by atoms with E-state index in [0.29, 0.717) is 16.7 Å². The van der Waals surface area contributed by atoms with Gasteiger partial charge in [0.15, 0.2) is 11.0 Å². The number of carbonyl (C=O) groups is 1. The first-order valence-corrected chi connectivity index (χ1v) is 10.4. The molecule has 0 unspecified atom stereocenters. The highest BCUT2D eigenvalue weighted by Gasteiger charge is 2.18.